The van der Waals surface area contributed by atoms with Crippen molar-refractivity contribution in [1.29, 1.82) is 0 Å². The zero-order valence-corrected chi connectivity index (χ0v) is 6.16. The van der Waals surface area contributed by atoms with Crippen molar-refractivity contribution in [2.24, 2.45) is 5.73 Å². The Bertz CT molecular complexity index is 240. The molecule has 2 N–H and O–H groups in total. The lowest BCUT2D eigenvalue weighted by atomic mass is 10.3. The summed E-state index contributed by atoms with van der Waals surface area (Å²) in [5.41, 5.74) is 5.35. The van der Waals surface area contributed by atoms with Crippen LogP contribution >= 0.6 is 0 Å². The monoisotopic (exact) mass is 150 g/mol. The molecule has 0 radical (unpaired) electrons. The summed E-state index contributed by atoms with van der Waals surface area (Å²) < 4.78 is 0. The first-order valence-corrected chi connectivity index (χ1v) is 3.30. The molecular formula is C8H10N2O. The molecule has 0 atom stereocenters. The Morgan fingerprint density at radius 3 is 2.73 bits per heavy atom. The molecule has 11 heavy (non-hydrogen) atoms. The van der Waals surface area contributed by atoms with Gasteiger partial charge in [0.15, 0.2) is 0 Å². The van der Waals surface area contributed by atoms with E-state index in [-0.39, 0.29) is 0 Å². The van der Waals surface area contributed by atoms with Crippen LogP contribution in [0.15, 0.2) is 36.7 Å². The highest BCUT2D eigenvalue weighted by Crippen LogP contribution is 2.05. The average molecular weight is 150 g/mol. The first kappa shape index (κ1) is 7.60. The third-order valence-electron chi connectivity index (χ3n) is 1.45. The van der Waals surface area contributed by atoms with Gasteiger partial charge in [-0.25, -0.2) is 0 Å². The van der Waals surface area contributed by atoms with Crippen molar-refractivity contribution >= 4 is 5.91 Å². The van der Waals surface area contributed by atoms with Gasteiger partial charge in [0.1, 0.15) is 0 Å². The molecule has 1 aliphatic heterocycles. The second-order valence-electron chi connectivity index (χ2n) is 2.23. The number of allylic oxidation sites excluding steroid dienone is 2. The highest BCUT2D eigenvalue weighted by molar-refractivity contribution is 5.90. The number of nitrogens with zero attached hydrogens (tertiary/aromatic N) is 1. The molecule has 1 rings (SSSR count). The molecule has 0 spiro atoms. The summed E-state index contributed by atoms with van der Waals surface area (Å²) in [5.74, 6) is -0.482. The number of nitrogens with two attached hydrogens (primary N) is 1. The van der Waals surface area contributed by atoms with Crippen molar-refractivity contribution < 1.29 is 4.79 Å². The van der Waals surface area contributed by atoms with Gasteiger partial charge in [0, 0.05) is 12.7 Å². The molecule has 1 heterocycles. The SMILES string of the molecule is C=C(C(N)=O)N1C=CC=CC1. The average Bonchev–Trinajstić information content (AvgIpc) is 2.05. The van der Waals surface area contributed by atoms with E-state index >= 15 is 0 Å². The minimum atomic E-state index is -0.482. The minimum Gasteiger partial charge on any atom is -0.364 e. The van der Waals surface area contributed by atoms with E-state index in [0.29, 0.717) is 12.2 Å². The molecule has 0 aromatic heterocycles. The van der Waals surface area contributed by atoms with Gasteiger partial charge in [0.2, 0.25) is 0 Å². The quantitative estimate of drug-likeness (QED) is 0.578. The van der Waals surface area contributed by atoms with Gasteiger partial charge in [0.25, 0.3) is 5.91 Å². The Kier molecular flexibility index (Phi) is 2.11. The van der Waals surface area contributed by atoms with Crippen LogP contribution in [0.3, 0.4) is 0 Å². The summed E-state index contributed by atoms with van der Waals surface area (Å²) >= 11 is 0. The van der Waals surface area contributed by atoms with Crippen molar-refractivity contribution in [1.82, 2.24) is 4.90 Å². The van der Waals surface area contributed by atoms with E-state index in [1.807, 2.05) is 18.2 Å². The Morgan fingerprint density at radius 1 is 1.55 bits per heavy atom. The number of amides is 1. The lowest BCUT2D eigenvalue weighted by Crippen LogP contribution is -2.27. The van der Waals surface area contributed by atoms with Gasteiger partial charge in [-0.05, 0) is 6.08 Å². The maximum absolute atomic E-state index is 10.6. The summed E-state index contributed by atoms with van der Waals surface area (Å²) in [7, 11) is 0. The first-order chi connectivity index (χ1) is 5.22. The Labute approximate surface area is 65.5 Å². The van der Waals surface area contributed by atoms with Gasteiger partial charge in [-0.3, -0.25) is 4.79 Å². The summed E-state index contributed by atoms with van der Waals surface area (Å²) in [6.07, 6.45) is 7.43. The van der Waals surface area contributed by atoms with Gasteiger partial charge < -0.3 is 10.6 Å². The van der Waals surface area contributed by atoms with Gasteiger partial charge in [-0.15, -0.1) is 0 Å². The normalized spacial score (nSPS) is 15.1. The third kappa shape index (κ3) is 1.70. The van der Waals surface area contributed by atoms with Crippen molar-refractivity contribution in [3.8, 4) is 0 Å². The Balaban J connectivity index is 2.62. The molecule has 0 bridgehead atoms. The molecule has 0 saturated heterocycles. The topological polar surface area (TPSA) is 46.3 Å². The lowest BCUT2D eigenvalue weighted by Gasteiger charge is -2.19. The Morgan fingerprint density at radius 2 is 2.27 bits per heavy atom. The fourth-order valence-electron chi connectivity index (χ4n) is 0.809. The van der Waals surface area contributed by atoms with Gasteiger partial charge >= 0.3 is 0 Å². The van der Waals surface area contributed by atoms with Crippen molar-refractivity contribution in [3.63, 3.8) is 0 Å². The molecule has 1 aliphatic rings. The maximum atomic E-state index is 10.6. The van der Waals surface area contributed by atoms with Crippen molar-refractivity contribution in [2.75, 3.05) is 6.54 Å². The summed E-state index contributed by atoms with van der Waals surface area (Å²) in [5, 5.41) is 0. The fraction of sp³-hybridized carbons (Fsp3) is 0.125. The van der Waals surface area contributed by atoms with Crippen LogP contribution < -0.4 is 5.73 Å². The molecule has 0 aromatic rings. The Hall–Kier alpha value is -1.51. The predicted octanol–water partition coefficient (Wildman–Crippen LogP) is 0.371. The molecule has 0 aromatic carbocycles. The number of hydrogen-bond acceptors (Lipinski definition) is 2. The molecule has 0 fully saturated rings. The third-order valence-corrected chi connectivity index (χ3v) is 1.45. The van der Waals surface area contributed by atoms with E-state index in [1.54, 1.807) is 11.1 Å². The van der Waals surface area contributed by atoms with E-state index in [9.17, 15) is 4.79 Å². The van der Waals surface area contributed by atoms with Crippen LogP contribution in [0.2, 0.25) is 0 Å². The van der Waals surface area contributed by atoms with Crippen LogP contribution in [0.5, 0.6) is 0 Å². The summed E-state index contributed by atoms with van der Waals surface area (Å²) in [6, 6.07) is 0. The van der Waals surface area contributed by atoms with Crippen LogP contribution in [0.25, 0.3) is 0 Å². The molecular weight excluding hydrogens is 140 g/mol. The van der Waals surface area contributed by atoms with Crippen LogP contribution in [0.4, 0.5) is 0 Å². The molecule has 0 aliphatic carbocycles. The van der Waals surface area contributed by atoms with Gasteiger partial charge in [0.05, 0.1) is 5.70 Å². The molecule has 3 nitrogen and oxygen atoms in total. The number of hydrogen-bond donors (Lipinski definition) is 1. The van der Waals surface area contributed by atoms with E-state index in [4.69, 9.17) is 5.73 Å². The van der Waals surface area contributed by atoms with Crippen LogP contribution in [-0.4, -0.2) is 17.4 Å². The van der Waals surface area contributed by atoms with Crippen LogP contribution in [-0.2, 0) is 4.79 Å². The van der Waals surface area contributed by atoms with Crippen LogP contribution in [0, 0.1) is 0 Å². The lowest BCUT2D eigenvalue weighted by molar-refractivity contribution is -0.115. The highest BCUT2D eigenvalue weighted by Gasteiger charge is 2.08. The van der Waals surface area contributed by atoms with Crippen LogP contribution in [0.1, 0.15) is 0 Å². The smallest absolute Gasteiger partial charge is 0.264 e. The zero-order valence-electron chi connectivity index (χ0n) is 6.16. The number of primary amides is 1. The molecule has 0 unspecified atom stereocenters. The predicted molar refractivity (Wildman–Crippen MR) is 43.3 cm³/mol. The number of carbonyl (C=O) groups is 1. The molecule has 1 amide bonds. The van der Waals surface area contributed by atoms with E-state index in [2.05, 4.69) is 6.58 Å². The first-order valence-electron chi connectivity index (χ1n) is 3.30. The maximum Gasteiger partial charge on any atom is 0.264 e. The van der Waals surface area contributed by atoms with Gasteiger partial charge in [-0.1, -0.05) is 18.7 Å². The molecule has 3 heteroatoms. The van der Waals surface area contributed by atoms with E-state index < -0.39 is 5.91 Å². The largest absolute Gasteiger partial charge is 0.364 e. The molecule has 58 valence electrons. The van der Waals surface area contributed by atoms with E-state index in [1.165, 1.54) is 0 Å². The second-order valence-corrected chi connectivity index (χ2v) is 2.23. The zero-order chi connectivity index (χ0) is 8.27. The number of carbonyl (C=O) groups excluding carboxylic acids is 1. The molecule has 0 saturated carbocycles. The standard InChI is InChI=1S/C8H10N2O/c1-7(8(9)11)10-5-3-2-4-6-10/h2-5H,1,6H2,(H2,9,11). The second kappa shape index (κ2) is 3.05. The fourth-order valence-corrected chi connectivity index (χ4v) is 0.809. The minimum absolute atomic E-state index is 0.325. The highest BCUT2D eigenvalue weighted by atomic mass is 16.1. The number of rotatable bonds is 2. The van der Waals surface area contributed by atoms with Crippen molar-refractivity contribution in [2.45, 2.75) is 0 Å². The van der Waals surface area contributed by atoms with Gasteiger partial charge in [-0.2, -0.15) is 0 Å². The van der Waals surface area contributed by atoms with E-state index in [0.717, 1.165) is 0 Å². The van der Waals surface area contributed by atoms with Crippen molar-refractivity contribution in [3.05, 3.63) is 36.7 Å². The summed E-state index contributed by atoms with van der Waals surface area (Å²) in [6.45, 7) is 4.21. The summed E-state index contributed by atoms with van der Waals surface area (Å²) in [4.78, 5) is 12.3.